The van der Waals surface area contributed by atoms with E-state index in [1.807, 2.05) is 13.8 Å². The van der Waals surface area contributed by atoms with E-state index in [1.165, 1.54) is 0 Å². The topological polar surface area (TPSA) is 47.6 Å². The molecule has 5 heteroatoms. The number of nitrogens with one attached hydrogen (secondary N) is 1. The summed E-state index contributed by atoms with van der Waals surface area (Å²) in [6.07, 6.45) is 2.54. The van der Waals surface area contributed by atoms with Crippen molar-refractivity contribution in [2.24, 2.45) is 0 Å². The number of hydrogen-bond donors (Lipinski definition) is 1. The van der Waals surface area contributed by atoms with E-state index in [0.29, 0.717) is 19.8 Å². The van der Waals surface area contributed by atoms with E-state index in [4.69, 9.17) is 8.85 Å². The lowest BCUT2D eigenvalue weighted by molar-refractivity contribution is 0.188. The zero-order valence-corrected chi connectivity index (χ0v) is 10.3. The van der Waals surface area contributed by atoms with Gasteiger partial charge in [0, 0.05) is 19.8 Å². The third-order valence-corrected chi connectivity index (χ3v) is 4.96. The summed E-state index contributed by atoms with van der Waals surface area (Å²) in [5, 5.41) is 2.51. The van der Waals surface area contributed by atoms with Crippen LogP contribution >= 0.6 is 0 Å². The molecule has 0 rings (SSSR count). The third-order valence-electron chi connectivity index (χ3n) is 1.90. The van der Waals surface area contributed by atoms with Gasteiger partial charge in [-0.2, -0.15) is 0 Å². The van der Waals surface area contributed by atoms with Gasteiger partial charge in [-0.3, -0.25) is 4.79 Å². The van der Waals surface area contributed by atoms with Gasteiger partial charge in [0.25, 0.3) is 0 Å². The average Bonchev–Trinajstić information content (AvgIpc) is 2.13. The van der Waals surface area contributed by atoms with E-state index in [2.05, 4.69) is 11.9 Å². The maximum atomic E-state index is 9.89. The van der Waals surface area contributed by atoms with Gasteiger partial charge in [-0.15, -0.1) is 0 Å². The van der Waals surface area contributed by atoms with E-state index < -0.39 is 8.56 Å². The molecule has 0 aliphatic heterocycles. The molecule has 1 N–H and O–H groups in total. The molecule has 0 bridgehead atoms. The molecule has 4 nitrogen and oxygen atoms in total. The molecule has 0 aliphatic rings. The predicted octanol–water partition coefficient (Wildman–Crippen LogP) is 1.18. The van der Waals surface area contributed by atoms with Crippen molar-refractivity contribution in [1.82, 2.24) is 5.32 Å². The standard InChI is InChI=1S/C9H20NO3Si/c1-4-12-14(3,13-5-2)8-6-7-10-9-11/h4-8H2,1-3H3,(H,10,11). The van der Waals surface area contributed by atoms with Gasteiger partial charge in [-0.25, -0.2) is 0 Å². The highest BCUT2D eigenvalue weighted by Crippen LogP contribution is 2.15. The number of hydrogen-bond acceptors (Lipinski definition) is 3. The largest absolute Gasteiger partial charge is 0.395 e. The lowest BCUT2D eigenvalue weighted by Crippen LogP contribution is -2.39. The van der Waals surface area contributed by atoms with Crippen molar-refractivity contribution in [3.63, 3.8) is 0 Å². The fourth-order valence-electron chi connectivity index (χ4n) is 1.35. The van der Waals surface area contributed by atoms with Crippen molar-refractivity contribution in [3.05, 3.63) is 0 Å². The summed E-state index contributed by atoms with van der Waals surface area (Å²) in [5.74, 6) is 0. The molecular formula is C9H20NO3Si. The van der Waals surface area contributed by atoms with Crippen molar-refractivity contribution >= 4 is 15.0 Å². The average molecular weight is 218 g/mol. The van der Waals surface area contributed by atoms with E-state index >= 15 is 0 Å². The Hall–Kier alpha value is -0.393. The predicted molar refractivity (Wildman–Crippen MR) is 58.0 cm³/mol. The molecule has 0 heterocycles. The molecule has 0 aromatic carbocycles. The van der Waals surface area contributed by atoms with Crippen LogP contribution in [0.25, 0.3) is 0 Å². The smallest absolute Gasteiger partial charge is 0.334 e. The van der Waals surface area contributed by atoms with Crippen LogP contribution in [-0.2, 0) is 13.6 Å². The molecule has 14 heavy (non-hydrogen) atoms. The maximum absolute atomic E-state index is 9.89. The second-order valence-corrected chi connectivity index (χ2v) is 6.48. The van der Waals surface area contributed by atoms with Crippen LogP contribution in [0.4, 0.5) is 0 Å². The Morgan fingerprint density at radius 3 is 2.29 bits per heavy atom. The van der Waals surface area contributed by atoms with Crippen molar-refractivity contribution in [2.75, 3.05) is 19.8 Å². The molecule has 0 saturated carbocycles. The Balaban J connectivity index is 3.76. The first-order chi connectivity index (χ1) is 6.68. The summed E-state index contributed by atoms with van der Waals surface area (Å²) in [6, 6.07) is 0.906. The summed E-state index contributed by atoms with van der Waals surface area (Å²) in [6.45, 7) is 8.03. The SMILES string of the molecule is CCO[Si](C)(CCCN[C]=O)OCC. The molecule has 0 atom stereocenters. The lowest BCUT2D eigenvalue weighted by Gasteiger charge is -2.25. The first-order valence-corrected chi connectivity index (χ1v) is 7.58. The van der Waals surface area contributed by atoms with Crippen molar-refractivity contribution in [1.29, 1.82) is 0 Å². The van der Waals surface area contributed by atoms with Crippen LogP contribution in [0.2, 0.25) is 12.6 Å². The van der Waals surface area contributed by atoms with Gasteiger partial charge in [-0.1, -0.05) is 0 Å². The third kappa shape index (κ3) is 6.12. The van der Waals surface area contributed by atoms with Crippen molar-refractivity contribution in [2.45, 2.75) is 32.9 Å². The molecule has 0 fully saturated rings. The van der Waals surface area contributed by atoms with Gasteiger partial charge in [0.1, 0.15) is 0 Å². The first-order valence-electron chi connectivity index (χ1n) is 5.06. The van der Waals surface area contributed by atoms with E-state index in [1.54, 1.807) is 6.41 Å². The van der Waals surface area contributed by atoms with E-state index in [0.717, 1.165) is 12.5 Å². The molecular weight excluding hydrogens is 198 g/mol. The van der Waals surface area contributed by atoms with E-state index in [9.17, 15) is 4.79 Å². The second kappa shape index (κ2) is 7.96. The fourth-order valence-corrected chi connectivity index (χ4v) is 3.76. The van der Waals surface area contributed by atoms with Gasteiger partial charge >= 0.3 is 15.0 Å². The maximum Gasteiger partial charge on any atom is 0.334 e. The minimum absolute atomic E-state index is 0.645. The van der Waals surface area contributed by atoms with Gasteiger partial charge in [0.2, 0.25) is 0 Å². The summed E-state index contributed by atoms with van der Waals surface area (Å²) in [7, 11) is -1.97. The molecule has 0 unspecified atom stereocenters. The molecule has 0 spiro atoms. The highest BCUT2D eigenvalue weighted by atomic mass is 28.4. The summed E-state index contributed by atoms with van der Waals surface area (Å²) in [4.78, 5) is 9.89. The Bertz CT molecular complexity index is 149. The van der Waals surface area contributed by atoms with Crippen LogP contribution in [0.3, 0.4) is 0 Å². The highest BCUT2D eigenvalue weighted by molar-refractivity contribution is 6.66. The second-order valence-electron chi connectivity index (χ2n) is 3.13. The molecule has 1 amide bonds. The lowest BCUT2D eigenvalue weighted by atomic mass is 10.5. The van der Waals surface area contributed by atoms with Crippen LogP contribution in [0, 0.1) is 0 Å². The highest BCUT2D eigenvalue weighted by Gasteiger charge is 2.29. The normalized spacial score (nSPS) is 11.4. The molecule has 83 valence electrons. The van der Waals surface area contributed by atoms with Gasteiger partial charge in [0.15, 0.2) is 0 Å². The van der Waals surface area contributed by atoms with Gasteiger partial charge in [-0.05, 0) is 32.9 Å². The summed E-state index contributed by atoms with van der Waals surface area (Å²) >= 11 is 0. The molecule has 0 aliphatic carbocycles. The number of amides is 1. The summed E-state index contributed by atoms with van der Waals surface area (Å²) in [5.41, 5.74) is 0. The minimum Gasteiger partial charge on any atom is -0.395 e. The molecule has 0 aromatic rings. The van der Waals surface area contributed by atoms with Crippen LogP contribution in [-0.4, -0.2) is 34.7 Å². The van der Waals surface area contributed by atoms with Crippen LogP contribution in [0.5, 0.6) is 0 Å². The number of carbonyl (C=O) groups excluding carboxylic acids is 1. The Labute approximate surface area is 87.2 Å². The Kier molecular flexibility index (Phi) is 7.74. The zero-order valence-electron chi connectivity index (χ0n) is 9.26. The monoisotopic (exact) mass is 218 g/mol. The van der Waals surface area contributed by atoms with Crippen molar-refractivity contribution in [3.8, 4) is 0 Å². The Morgan fingerprint density at radius 2 is 1.86 bits per heavy atom. The molecule has 0 saturated heterocycles. The molecule has 1 radical (unpaired) electrons. The summed E-state index contributed by atoms with van der Waals surface area (Å²) < 4.78 is 11.3. The quantitative estimate of drug-likeness (QED) is 0.359. The van der Waals surface area contributed by atoms with Gasteiger partial charge in [0.05, 0.1) is 0 Å². The van der Waals surface area contributed by atoms with Crippen LogP contribution in [0.15, 0.2) is 0 Å². The van der Waals surface area contributed by atoms with Crippen LogP contribution in [0.1, 0.15) is 20.3 Å². The van der Waals surface area contributed by atoms with Crippen molar-refractivity contribution < 1.29 is 13.6 Å². The molecule has 0 aromatic heterocycles. The van der Waals surface area contributed by atoms with Crippen LogP contribution < -0.4 is 5.32 Å². The van der Waals surface area contributed by atoms with E-state index in [-0.39, 0.29) is 0 Å². The minimum atomic E-state index is -1.97. The Morgan fingerprint density at radius 1 is 1.29 bits per heavy atom. The zero-order chi connectivity index (χ0) is 10.9. The number of rotatable bonds is 9. The van der Waals surface area contributed by atoms with Gasteiger partial charge < -0.3 is 14.2 Å². The first kappa shape index (κ1) is 13.6. The fraction of sp³-hybridized carbons (Fsp3) is 0.889.